The second kappa shape index (κ2) is 10.8. The van der Waals surface area contributed by atoms with E-state index < -0.39 is 33.2 Å². The molecular formula is C17H24N4O6. The molecule has 0 fully saturated rings. The fourth-order valence-corrected chi connectivity index (χ4v) is 2.42. The Bertz CT molecular complexity index is 674. The third-order valence-electron chi connectivity index (χ3n) is 3.95. The van der Waals surface area contributed by atoms with Crippen molar-refractivity contribution in [1.82, 2.24) is 10.6 Å². The summed E-state index contributed by atoms with van der Waals surface area (Å²) >= 11 is 0. The van der Waals surface area contributed by atoms with Crippen molar-refractivity contribution in [3.05, 3.63) is 44.0 Å². The summed E-state index contributed by atoms with van der Waals surface area (Å²) < 4.78 is 0. The summed E-state index contributed by atoms with van der Waals surface area (Å²) in [7, 11) is 0. The molecule has 1 aromatic carbocycles. The highest BCUT2D eigenvalue weighted by Gasteiger charge is 2.23. The Morgan fingerprint density at radius 1 is 1.00 bits per heavy atom. The van der Waals surface area contributed by atoms with Gasteiger partial charge in [-0.15, -0.1) is 0 Å². The molecule has 0 aliphatic carbocycles. The van der Waals surface area contributed by atoms with E-state index in [1.165, 1.54) is 0 Å². The molecule has 0 unspecified atom stereocenters. The lowest BCUT2D eigenvalue weighted by Crippen LogP contribution is -2.46. The standard InChI is InChI=1S/C17H24N4O6/c1-3-5-6-7-8-18-17(23)15(4-2)19-16(22)12-9-13(20(24)25)11-14(10-12)21(26)27/h9-11,15H,3-8H2,1-2H3,(H,18,23)(H,19,22)/t15-/m0/s1. The molecule has 0 aliphatic rings. The molecule has 0 saturated carbocycles. The summed E-state index contributed by atoms with van der Waals surface area (Å²) in [6.45, 7) is 4.28. The van der Waals surface area contributed by atoms with E-state index in [1.54, 1.807) is 6.92 Å². The minimum Gasteiger partial charge on any atom is -0.354 e. The molecular weight excluding hydrogens is 356 g/mol. The maximum Gasteiger partial charge on any atom is 0.277 e. The van der Waals surface area contributed by atoms with E-state index in [2.05, 4.69) is 17.6 Å². The molecule has 27 heavy (non-hydrogen) atoms. The van der Waals surface area contributed by atoms with E-state index in [0.717, 1.165) is 43.9 Å². The SMILES string of the molecule is CCCCCCNC(=O)[C@H](CC)NC(=O)c1cc([N+](=O)[O-])cc([N+](=O)[O-])c1. The number of amides is 2. The lowest BCUT2D eigenvalue weighted by molar-refractivity contribution is -0.394. The number of nitrogens with one attached hydrogen (secondary N) is 2. The van der Waals surface area contributed by atoms with Crippen LogP contribution in [0.5, 0.6) is 0 Å². The average molecular weight is 380 g/mol. The first kappa shape index (κ1) is 22.0. The van der Waals surface area contributed by atoms with Crippen molar-refractivity contribution in [2.45, 2.75) is 52.0 Å². The summed E-state index contributed by atoms with van der Waals surface area (Å²) in [6.07, 6.45) is 4.30. The van der Waals surface area contributed by atoms with Crippen molar-refractivity contribution in [1.29, 1.82) is 0 Å². The lowest BCUT2D eigenvalue weighted by atomic mass is 10.1. The van der Waals surface area contributed by atoms with Gasteiger partial charge in [-0.25, -0.2) is 0 Å². The van der Waals surface area contributed by atoms with Gasteiger partial charge in [0.2, 0.25) is 5.91 Å². The van der Waals surface area contributed by atoms with Crippen LogP contribution in [0.4, 0.5) is 11.4 Å². The monoisotopic (exact) mass is 380 g/mol. The smallest absolute Gasteiger partial charge is 0.277 e. The second-order valence-corrected chi connectivity index (χ2v) is 6.04. The molecule has 0 heterocycles. The van der Waals surface area contributed by atoms with Crippen LogP contribution in [0, 0.1) is 20.2 Å². The Labute approximate surface area is 156 Å². The summed E-state index contributed by atoms with van der Waals surface area (Å²) in [4.78, 5) is 44.7. The average Bonchev–Trinajstić information content (AvgIpc) is 2.64. The van der Waals surface area contributed by atoms with Crippen molar-refractivity contribution in [3.63, 3.8) is 0 Å². The van der Waals surface area contributed by atoms with Crippen LogP contribution < -0.4 is 10.6 Å². The van der Waals surface area contributed by atoms with E-state index in [0.29, 0.717) is 13.0 Å². The van der Waals surface area contributed by atoms with Crippen LogP contribution in [0.1, 0.15) is 56.3 Å². The van der Waals surface area contributed by atoms with Gasteiger partial charge >= 0.3 is 0 Å². The Kier molecular flexibility index (Phi) is 8.83. The van der Waals surface area contributed by atoms with E-state index in [4.69, 9.17) is 0 Å². The summed E-state index contributed by atoms with van der Waals surface area (Å²) in [5, 5.41) is 27.0. The summed E-state index contributed by atoms with van der Waals surface area (Å²) in [5.41, 5.74) is -1.38. The number of rotatable bonds is 11. The number of unbranched alkanes of at least 4 members (excludes halogenated alkanes) is 3. The molecule has 0 bridgehead atoms. The number of nitro benzene ring substituents is 2. The Balaban J connectivity index is 2.81. The highest BCUT2D eigenvalue weighted by molar-refractivity contribution is 5.98. The third kappa shape index (κ3) is 7.00. The number of benzene rings is 1. The first-order valence-electron chi connectivity index (χ1n) is 8.82. The molecule has 148 valence electrons. The van der Waals surface area contributed by atoms with Gasteiger partial charge in [0.15, 0.2) is 0 Å². The number of hydrogen-bond donors (Lipinski definition) is 2. The number of carbonyl (C=O) groups excluding carboxylic acids is 2. The molecule has 2 amide bonds. The zero-order valence-electron chi connectivity index (χ0n) is 15.4. The van der Waals surface area contributed by atoms with Gasteiger partial charge in [-0.1, -0.05) is 33.1 Å². The quantitative estimate of drug-likeness (QED) is 0.343. The summed E-state index contributed by atoms with van der Waals surface area (Å²) in [6, 6.07) is 1.83. The molecule has 10 heteroatoms. The number of carbonyl (C=O) groups is 2. The number of nitrogens with zero attached hydrogens (tertiary/aromatic N) is 2. The Morgan fingerprint density at radius 3 is 2.07 bits per heavy atom. The molecule has 0 spiro atoms. The molecule has 2 N–H and O–H groups in total. The molecule has 1 rings (SSSR count). The minimum absolute atomic E-state index is 0.245. The van der Waals surface area contributed by atoms with E-state index in [9.17, 15) is 29.8 Å². The third-order valence-corrected chi connectivity index (χ3v) is 3.95. The zero-order chi connectivity index (χ0) is 20.4. The largest absolute Gasteiger partial charge is 0.354 e. The van der Waals surface area contributed by atoms with Crippen molar-refractivity contribution in [2.75, 3.05) is 6.54 Å². The molecule has 0 radical (unpaired) electrons. The van der Waals surface area contributed by atoms with Crippen LogP contribution in [0.25, 0.3) is 0 Å². The fraction of sp³-hybridized carbons (Fsp3) is 0.529. The molecule has 1 aromatic rings. The molecule has 0 aromatic heterocycles. The fourth-order valence-electron chi connectivity index (χ4n) is 2.42. The van der Waals surface area contributed by atoms with Crippen LogP contribution in [-0.2, 0) is 4.79 Å². The molecule has 1 atom stereocenters. The maximum absolute atomic E-state index is 12.3. The minimum atomic E-state index is -0.831. The van der Waals surface area contributed by atoms with Crippen LogP contribution in [-0.4, -0.2) is 34.2 Å². The van der Waals surface area contributed by atoms with Crippen molar-refractivity contribution in [3.8, 4) is 0 Å². The maximum atomic E-state index is 12.3. The lowest BCUT2D eigenvalue weighted by Gasteiger charge is -2.17. The van der Waals surface area contributed by atoms with Crippen LogP contribution in [0.2, 0.25) is 0 Å². The van der Waals surface area contributed by atoms with Crippen LogP contribution in [0.3, 0.4) is 0 Å². The van der Waals surface area contributed by atoms with Crippen LogP contribution in [0.15, 0.2) is 18.2 Å². The van der Waals surface area contributed by atoms with Gasteiger partial charge in [-0.05, 0) is 12.8 Å². The second-order valence-electron chi connectivity index (χ2n) is 6.04. The topological polar surface area (TPSA) is 144 Å². The van der Waals surface area contributed by atoms with Gasteiger partial charge < -0.3 is 10.6 Å². The van der Waals surface area contributed by atoms with Gasteiger partial charge in [0.05, 0.1) is 21.5 Å². The molecule has 0 aliphatic heterocycles. The van der Waals surface area contributed by atoms with E-state index >= 15 is 0 Å². The van der Waals surface area contributed by atoms with Gasteiger partial charge in [0.1, 0.15) is 6.04 Å². The van der Waals surface area contributed by atoms with Gasteiger partial charge in [0, 0.05) is 18.7 Å². The number of hydrogen-bond acceptors (Lipinski definition) is 6. The Morgan fingerprint density at radius 2 is 1.59 bits per heavy atom. The first-order chi connectivity index (χ1) is 12.8. The van der Waals surface area contributed by atoms with Crippen molar-refractivity contribution >= 4 is 23.2 Å². The van der Waals surface area contributed by atoms with Gasteiger partial charge in [0.25, 0.3) is 17.3 Å². The highest BCUT2D eigenvalue weighted by Crippen LogP contribution is 2.22. The number of nitro groups is 2. The van der Waals surface area contributed by atoms with Crippen molar-refractivity contribution < 1.29 is 19.4 Å². The predicted molar refractivity (Wildman–Crippen MR) is 98.4 cm³/mol. The first-order valence-corrected chi connectivity index (χ1v) is 8.82. The Hall–Kier alpha value is -3.04. The predicted octanol–water partition coefficient (Wildman–Crippen LogP) is 2.71. The van der Waals surface area contributed by atoms with Gasteiger partial charge in [-0.3, -0.25) is 29.8 Å². The number of non-ortho nitro benzene ring substituents is 2. The van der Waals surface area contributed by atoms with Gasteiger partial charge in [-0.2, -0.15) is 0 Å². The zero-order valence-corrected chi connectivity index (χ0v) is 15.4. The van der Waals surface area contributed by atoms with E-state index in [-0.39, 0.29) is 11.5 Å². The molecule has 0 saturated heterocycles. The molecule has 10 nitrogen and oxygen atoms in total. The van der Waals surface area contributed by atoms with E-state index in [1.807, 2.05) is 0 Å². The normalized spacial score (nSPS) is 11.5. The highest BCUT2D eigenvalue weighted by atomic mass is 16.6. The van der Waals surface area contributed by atoms with Crippen LogP contribution >= 0.6 is 0 Å². The van der Waals surface area contributed by atoms with Crippen molar-refractivity contribution in [2.24, 2.45) is 0 Å². The summed E-state index contributed by atoms with van der Waals surface area (Å²) in [5.74, 6) is -1.14.